The molecule has 0 bridgehead atoms. The molecule has 22 heavy (non-hydrogen) atoms. The second-order valence-electron chi connectivity index (χ2n) is 5.00. The van der Waals surface area contributed by atoms with Gasteiger partial charge in [-0.25, -0.2) is 9.59 Å². The number of benzene rings is 1. The molecule has 3 amide bonds. The van der Waals surface area contributed by atoms with Crippen molar-refractivity contribution in [3.05, 3.63) is 35.4 Å². The molecule has 0 aliphatic heterocycles. The van der Waals surface area contributed by atoms with Crippen LogP contribution in [0.3, 0.4) is 0 Å². The third-order valence-corrected chi connectivity index (χ3v) is 3.01. The maximum Gasteiger partial charge on any atom is 0.335 e. The molecule has 120 valence electrons. The van der Waals surface area contributed by atoms with Crippen molar-refractivity contribution < 1.29 is 19.5 Å². The average molecular weight is 307 g/mol. The van der Waals surface area contributed by atoms with Crippen LogP contribution in [0.1, 0.15) is 28.8 Å². The number of carboxylic acids is 1. The molecule has 0 heterocycles. The van der Waals surface area contributed by atoms with Gasteiger partial charge in [0.25, 0.3) is 0 Å². The summed E-state index contributed by atoms with van der Waals surface area (Å²) < 4.78 is 0. The van der Waals surface area contributed by atoms with E-state index in [0.29, 0.717) is 25.9 Å². The van der Waals surface area contributed by atoms with Gasteiger partial charge in [-0.3, -0.25) is 4.79 Å². The van der Waals surface area contributed by atoms with Crippen LogP contribution >= 0.6 is 0 Å². The fourth-order valence-corrected chi connectivity index (χ4v) is 1.68. The number of carboxylic acid groups (broad SMARTS) is 1. The first-order valence-corrected chi connectivity index (χ1v) is 6.94. The maximum absolute atomic E-state index is 11.6. The Morgan fingerprint density at radius 3 is 2.27 bits per heavy atom. The summed E-state index contributed by atoms with van der Waals surface area (Å²) in [7, 11) is 3.39. The summed E-state index contributed by atoms with van der Waals surface area (Å²) in [6.07, 6.45) is 0.974. The lowest BCUT2D eigenvalue weighted by Gasteiger charge is -2.10. The van der Waals surface area contributed by atoms with Crippen molar-refractivity contribution in [1.82, 2.24) is 15.5 Å². The van der Waals surface area contributed by atoms with Crippen molar-refractivity contribution in [3.63, 3.8) is 0 Å². The van der Waals surface area contributed by atoms with Gasteiger partial charge >= 0.3 is 12.0 Å². The SMILES string of the molecule is CN(C)C(=O)CCCNC(=O)NCc1ccc(C(=O)O)cc1. The zero-order valence-electron chi connectivity index (χ0n) is 12.8. The van der Waals surface area contributed by atoms with Gasteiger partial charge in [-0.2, -0.15) is 0 Å². The first kappa shape index (κ1) is 17.5. The number of hydrogen-bond acceptors (Lipinski definition) is 3. The summed E-state index contributed by atoms with van der Waals surface area (Å²) in [6, 6.07) is 5.97. The van der Waals surface area contributed by atoms with Crippen LogP contribution in [0.25, 0.3) is 0 Å². The molecule has 0 aliphatic carbocycles. The number of hydrogen-bond donors (Lipinski definition) is 3. The number of amides is 3. The standard InChI is InChI=1S/C15H21N3O4/c1-18(2)13(19)4-3-9-16-15(22)17-10-11-5-7-12(8-6-11)14(20)21/h5-8H,3-4,9-10H2,1-2H3,(H,20,21)(H2,16,17,22). The topological polar surface area (TPSA) is 98.7 Å². The second-order valence-corrected chi connectivity index (χ2v) is 5.00. The van der Waals surface area contributed by atoms with Gasteiger partial charge in [0.05, 0.1) is 5.56 Å². The van der Waals surface area contributed by atoms with Crippen LogP contribution in [0, 0.1) is 0 Å². The molecule has 1 rings (SSSR count). The Labute approximate surface area is 129 Å². The van der Waals surface area contributed by atoms with Crippen molar-refractivity contribution in [2.45, 2.75) is 19.4 Å². The van der Waals surface area contributed by atoms with Crippen LogP contribution in [-0.2, 0) is 11.3 Å². The van der Waals surface area contributed by atoms with Gasteiger partial charge < -0.3 is 20.6 Å². The first-order valence-electron chi connectivity index (χ1n) is 6.94. The van der Waals surface area contributed by atoms with Gasteiger partial charge in [0, 0.05) is 33.6 Å². The molecule has 7 nitrogen and oxygen atoms in total. The van der Waals surface area contributed by atoms with E-state index in [2.05, 4.69) is 10.6 Å². The maximum atomic E-state index is 11.6. The number of carbonyl (C=O) groups is 3. The molecule has 7 heteroatoms. The van der Waals surface area contributed by atoms with Crippen molar-refractivity contribution in [3.8, 4) is 0 Å². The second kappa shape index (κ2) is 8.66. The highest BCUT2D eigenvalue weighted by Gasteiger charge is 2.05. The van der Waals surface area contributed by atoms with Gasteiger partial charge in [-0.1, -0.05) is 12.1 Å². The molecule has 1 aromatic carbocycles. The summed E-state index contributed by atoms with van der Waals surface area (Å²) in [5.74, 6) is -0.953. The number of carbonyl (C=O) groups excluding carboxylic acids is 2. The number of urea groups is 1. The minimum atomic E-state index is -0.982. The molecule has 0 aliphatic rings. The number of aromatic carboxylic acids is 1. The van der Waals surface area contributed by atoms with Crippen LogP contribution in [0.5, 0.6) is 0 Å². The Bertz CT molecular complexity index is 526. The predicted molar refractivity (Wildman–Crippen MR) is 81.6 cm³/mol. The third-order valence-electron chi connectivity index (χ3n) is 3.01. The molecular weight excluding hydrogens is 286 g/mol. The zero-order valence-corrected chi connectivity index (χ0v) is 12.8. The van der Waals surface area contributed by atoms with Crippen LogP contribution in [0.15, 0.2) is 24.3 Å². The largest absolute Gasteiger partial charge is 0.478 e. The summed E-state index contributed by atoms with van der Waals surface area (Å²) in [5, 5.41) is 14.1. The monoisotopic (exact) mass is 307 g/mol. The summed E-state index contributed by atoms with van der Waals surface area (Å²) >= 11 is 0. The van der Waals surface area contributed by atoms with E-state index >= 15 is 0 Å². The van der Waals surface area contributed by atoms with Crippen LogP contribution in [0.4, 0.5) is 4.79 Å². The minimum Gasteiger partial charge on any atom is -0.478 e. The number of nitrogens with one attached hydrogen (secondary N) is 2. The minimum absolute atomic E-state index is 0.0285. The molecule has 0 radical (unpaired) electrons. The molecule has 0 spiro atoms. The van der Waals surface area contributed by atoms with Gasteiger partial charge in [-0.15, -0.1) is 0 Å². The number of nitrogens with zero attached hydrogens (tertiary/aromatic N) is 1. The molecule has 1 aromatic rings. The van der Waals surface area contributed by atoms with E-state index in [4.69, 9.17) is 5.11 Å². The molecule has 0 saturated carbocycles. The average Bonchev–Trinajstić information content (AvgIpc) is 2.49. The Morgan fingerprint density at radius 2 is 1.73 bits per heavy atom. The fourth-order valence-electron chi connectivity index (χ4n) is 1.68. The van der Waals surface area contributed by atoms with Crippen molar-refractivity contribution in [2.75, 3.05) is 20.6 Å². The smallest absolute Gasteiger partial charge is 0.335 e. The summed E-state index contributed by atoms with van der Waals surface area (Å²) in [4.78, 5) is 35.1. The highest BCUT2D eigenvalue weighted by atomic mass is 16.4. The molecule has 3 N–H and O–H groups in total. The van der Waals surface area contributed by atoms with Crippen LogP contribution < -0.4 is 10.6 Å². The third kappa shape index (κ3) is 6.25. The Balaban J connectivity index is 2.23. The molecule has 0 unspecified atom stereocenters. The fraction of sp³-hybridized carbons (Fsp3) is 0.400. The molecule has 0 atom stereocenters. The summed E-state index contributed by atoms with van der Waals surface area (Å²) in [5.41, 5.74) is 1.02. The van der Waals surface area contributed by atoms with E-state index in [0.717, 1.165) is 5.56 Å². The molecule has 0 aromatic heterocycles. The molecule has 0 saturated heterocycles. The Hall–Kier alpha value is -2.57. The highest BCUT2D eigenvalue weighted by Crippen LogP contribution is 2.04. The van der Waals surface area contributed by atoms with Gasteiger partial charge in [0.1, 0.15) is 0 Å². The normalized spacial score (nSPS) is 9.91. The van der Waals surface area contributed by atoms with E-state index in [1.165, 1.54) is 17.0 Å². The van der Waals surface area contributed by atoms with Crippen LogP contribution in [-0.4, -0.2) is 48.6 Å². The van der Waals surface area contributed by atoms with E-state index in [9.17, 15) is 14.4 Å². The molecule has 0 fully saturated rings. The predicted octanol–water partition coefficient (Wildman–Crippen LogP) is 1.05. The Morgan fingerprint density at radius 1 is 1.09 bits per heavy atom. The lowest BCUT2D eigenvalue weighted by atomic mass is 10.1. The van der Waals surface area contributed by atoms with E-state index in [-0.39, 0.29) is 17.5 Å². The Kier molecular flexibility index (Phi) is 6.88. The van der Waals surface area contributed by atoms with Crippen LogP contribution in [0.2, 0.25) is 0 Å². The number of rotatable bonds is 7. The summed E-state index contributed by atoms with van der Waals surface area (Å²) in [6.45, 7) is 0.728. The van der Waals surface area contributed by atoms with Gasteiger partial charge in [-0.05, 0) is 24.1 Å². The quantitative estimate of drug-likeness (QED) is 0.656. The lowest BCUT2D eigenvalue weighted by Crippen LogP contribution is -2.36. The van der Waals surface area contributed by atoms with Crippen molar-refractivity contribution in [1.29, 1.82) is 0 Å². The zero-order chi connectivity index (χ0) is 16.5. The van der Waals surface area contributed by atoms with E-state index in [1.807, 2.05) is 0 Å². The van der Waals surface area contributed by atoms with Gasteiger partial charge in [0.2, 0.25) is 5.91 Å². The lowest BCUT2D eigenvalue weighted by molar-refractivity contribution is -0.128. The molecular formula is C15H21N3O4. The first-order chi connectivity index (χ1) is 10.4. The van der Waals surface area contributed by atoms with E-state index < -0.39 is 5.97 Å². The van der Waals surface area contributed by atoms with E-state index in [1.54, 1.807) is 26.2 Å². The highest BCUT2D eigenvalue weighted by molar-refractivity contribution is 5.87. The van der Waals surface area contributed by atoms with Crippen molar-refractivity contribution >= 4 is 17.9 Å². The van der Waals surface area contributed by atoms with Gasteiger partial charge in [0.15, 0.2) is 0 Å². The van der Waals surface area contributed by atoms with Crippen molar-refractivity contribution in [2.24, 2.45) is 0 Å².